The molecule has 2 N–H and O–H groups in total. The standard InChI is InChI=1S/C18H14BrN5S2/c1-11-4-2-3-5-14(11)20-17-23-24-18(26-17)22-16-21-15(10-25-16)12-6-8-13(19)9-7-12/h2-10H,1H3,(H,20,23)(H,21,22,24). The van der Waals surface area contributed by atoms with Crippen molar-refractivity contribution in [2.45, 2.75) is 6.92 Å². The summed E-state index contributed by atoms with van der Waals surface area (Å²) in [5.41, 5.74) is 4.21. The van der Waals surface area contributed by atoms with Crippen molar-refractivity contribution in [3.8, 4) is 11.3 Å². The summed E-state index contributed by atoms with van der Waals surface area (Å²) in [5.74, 6) is 0. The Morgan fingerprint density at radius 3 is 2.38 bits per heavy atom. The van der Waals surface area contributed by atoms with Crippen molar-refractivity contribution in [3.05, 3.63) is 63.9 Å². The first kappa shape index (κ1) is 17.1. The lowest BCUT2D eigenvalue weighted by molar-refractivity contribution is 1.09. The third-order valence-electron chi connectivity index (χ3n) is 3.67. The Morgan fingerprint density at radius 1 is 0.885 bits per heavy atom. The van der Waals surface area contributed by atoms with Crippen LogP contribution in [0, 0.1) is 6.92 Å². The maximum Gasteiger partial charge on any atom is 0.213 e. The molecule has 2 aromatic heterocycles. The quantitative estimate of drug-likeness (QED) is 0.383. The third-order valence-corrected chi connectivity index (χ3v) is 5.71. The first-order valence-corrected chi connectivity index (χ1v) is 10.3. The molecule has 8 heteroatoms. The number of para-hydroxylation sites is 1. The molecule has 0 fully saturated rings. The molecule has 2 heterocycles. The Bertz CT molecular complexity index is 1030. The van der Waals surface area contributed by atoms with Gasteiger partial charge in [-0.2, -0.15) is 0 Å². The number of aryl methyl sites for hydroxylation is 1. The van der Waals surface area contributed by atoms with Crippen LogP contribution in [0.25, 0.3) is 11.3 Å². The molecular weight excluding hydrogens is 430 g/mol. The van der Waals surface area contributed by atoms with Crippen LogP contribution in [0.1, 0.15) is 5.56 Å². The molecule has 2 aromatic carbocycles. The number of rotatable bonds is 5. The van der Waals surface area contributed by atoms with Gasteiger partial charge in [0.1, 0.15) is 0 Å². The van der Waals surface area contributed by atoms with E-state index in [1.165, 1.54) is 11.3 Å². The zero-order valence-electron chi connectivity index (χ0n) is 13.7. The van der Waals surface area contributed by atoms with E-state index in [2.05, 4.69) is 54.7 Å². The largest absolute Gasteiger partial charge is 0.330 e. The maximum atomic E-state index is 4.62. The second-order valence-corrected chi connectivity index (χ2v) is 8.27. The van der Waals surface area contributed by atoms with Crippen molar-refractivity contribution in [2.24, 2.45) is 0 Å². The number of nitrogens with zero attached hydrogens (tertiary/aromatic N) is 3. The van der Waals surface area contributed by atoms with Gasteiger partial charge in [-0.1, -0.05) is 57.6 Å². The lowest BCUT2D eigenvalue weighted by Gasteiger charge is -2.04. The molecule has 0 saturated heterocycles. The highest BCUT2D eigenvalue weighted by Crippen LogP contribution is 2.31. The number of halogens is 1. The van der Waals surface area contributed by atoms with Gasteiger partial charge < -0.3 is 10.6 Å². The van der Waals surface area contributed by atoms with Crippen molar-refractivity contribution < 1.29 is 0 Å². The Labute approximate surface area is 167 Å². The number of benzene rings is 2. The van der Waals surface area contributed by atoms with Gasteiger partial charge >= 0.3 is 0 Å². The van der Waals surface area contributed by atoms with E-state index in [1.54, 1.807) is 11.3 Å². The van der Waals surface area contributed by atoms with Crippen molar-refractivity contribution in [1.82, 2.24) is 15.2 Å². The Hall–Kier alpha value is -2.29. The van der Waals surface area contributed by atoms with E-state index in [0.717, 1.165) is 37.2 Å². The van der Waals surface area contributed by atoms with Crippen molar-refractivity contribution in [2.75, 3.05) is 10.6 Å². The smallest absolute Gasteiger partial charge is 0.213 e. The molecule has 0 aliphatic heterocycles. The van der Waals surface area contributed by atoms with Gasteiger partial charge in [-0.05, 0) is 30.7 Å². The summed E-state index contributed by atoms with van der Waals surface area (Å²) in [6.07, 6.45) is 0. The Balaban J connectivity index is 1.46. The summed E-state index contributed by atoms with van der Waals surface area (Å²) >= 11 is 6.45. The summed E-state index contributed by atoms with van der Waals surface area (Å²) in [7, 11) is 0. The number of hydrogen-bond acceptors (Lipinski definition) is 7. The second kappa shape index (κ2) is 7.53. The fraction of sp³-hybridized carbons (Fsp3) is 0.0556. The van der Waals surface area contributed by atoms with Crippen LogP contribution in [0.3, 0.4) is 0 Å². The Kier molecular flexibility index (Phi) is 4.96. The molecule has 26 heavy (non-hydrogen) atoms. The molecule has 0 spiro atoms. The van der Waals surface area contributed by atoms with Gasteiger partial charge in [0, 0.05) is 21.1 Å². The highest BCUT2D eigenvalue weighted by atomic mass is 79.9. The minimum atomic E-state index is 0.706. The third kappa shape index (κ3) is 3.92. The van der Waals surface area contributed by atoms with Gasteiger partial charge in [0.05, 0.1) is 5.69 Å². The van der Waals surface area contributed by atoms with Crippen LogP contribution >= 0.6 is 38.6 Å². The molecular formula is C18H14BrN5S2. The van der Waals surface area contributed by atoms with Crippen LogP contribution in [0.4, 0.5) is 21.1 Å². The number of anilines is 4. The number of hydrogen-bond donors (Lipinski definition) is 2. The lowest BCUT2D eigenvalue weighted by atomic mass is 10.2. The van der Waals surface area contributed by atoms with Crippen molar-refractivity contribution in [1.29, 1.82) is 0 Å². The molecule has 0 saturated carbocycles. The molecule has 4 aromatic rings. The minimum Gasteiger partial charge on any atom is -0.330 e. The van der Waals surface area contributed by atoms with Crippen LogP contribution in [0.2, 0.25) is 0 Å². The Morgan fingerprint density at radius 2 is 1.62 bits per heavy atom. The van der Waals surface area contributed by atoms with E-state index >= 15 is 0 Å². The first-order chi connectivity index (χ1) is 12.7. The molecule has 0 unspecified atom stereocenters. The van der Waals surface area contributed by atoms with Crippen molar-refractivity contribution >= 4 is 59.7 Å². The van der Waals surface area contributed by atoms with E-state index < -0.39 is 0 Å². The topological polar surface area (TPSA) is 62.7 Å². The van der Waals surface area contributed by atoms with Gasteiger partial charge in [0.15, 0.2) is 5.13 Å². The van der Waals surface area contributed by atoms with Crippen LogP contribution in [0.15, 0.2) is 58.4 Å². The van der Waals surface area contributed by atoms with Gasteiger partial charge in [-0.25, -0.2) is 4.98 Å². The summed E-state index contributed by atoms with van der Waals surface area (Å²) in [4.78, 5) is 4.62. The lowest BCUT2D eigenvalue weighted by Crippen LogP contribution is -1.91. The summed E-state index contributed by atoms with van der Waals surface area (Å²) in [6, 6.07) is 16.2. The normalized spacial score (nSPS) is 10.7. The van der Waals surface area contributed by atoms with E-state index in [-0.39, 0.29) is 0 Å². The van der Waals surface area contributed by atoms with Crippen LogP contribution in [0.5, 0.6) is 0 Å². The molecule has 0 atom stereocenters. The summed E-state index contributed by atoms with van der Waals surface area (Å²) in [6.45, 7) is 2.06. The molecule has 5 nitrogen and oxygen atoms in total. The molecule has 0 aliphatic rings. The first-order valence-electron chi connectivity index (χ1n) is 7.82. The number of nitrogens with one attached hydrogen (secondary N) is 2. The fourth-order valence-corrected chi connectivity index (χ4v) is 4.03. The van der Waals surface area contributed by atoms with Crippen LogP contribution in [-0.4, -0.2) is 15.2 Å². The fourth-order valence-electron chi connectivity index (χ4n) is 2.33. The highest BCUT2D eigenvalue weighted by molar-refractivity contribution is 9.10. The highest BCUT2D eigenvalue weighted by Gasteiger charge is 2.09. The molecule has 0 aliphatic carbocycles. The zero-order valence-corrected chi connectivity index (χ0v) is 17.0. The predicted octanol–water partition coefficient (Wildman–Crippen LogP) is 6.22. The SMILES string of the molecule is Cc1ccccc1Nc1nnc(Nc2nc(-c3ccc(Br)cc3)cs2)s1. The van der Waals surface area contributed by atoms with E-state index in [4.69, 9.17) is 0 Å². The predicted molar refractivity (Wildman–Crippen MR) is 113 cm³/mol. The minimum absolute atomic E-state index is 0.706. The number of aromatic nitrogens is 3. The maximum absolute atomic E-state index is 4.62. The molecule has 0 radical (unpaired) electrons. The molecule has 0 amide bonds. The van der Waals surface area contributed by atoms with Gasteiger partial charge in [-0.3, -0.25) is 0 Å². The average molecular weight is 444 g/mol. The van der Waals surface area contributed by atoms with E-state index in [9.17, 15) is 0 Å². The number of thiazole rings is 1. The van der Waals surface area contributed by atoms with Crippen LogP contribution in [-0.2, 0) is 0 Å². The van der Waals surface area contributed by atoms with Gasteiger partial charge in [0.2, 0.25) is 10.3 Å². The second-order valence-electron chi connectivity index (χ2n) is 5.52. The summed E-state index contributed by atoms with van der Waals surface area (Å²) in [5, 5.41) is 19.2. The van der Waals surface area contributed by atoms with E-state index in [0.29, 0.717) is 5.13 Å². The van der Waals surface area contributed by atoms with Gasteiger partial charge in [-0.15, -0.1) is 21.5 Å². The van der Waals surface area contributed by atoms with E-state index in [1.807, 2.05) is 47.8 Å². The van der Waals surface area contributed by atoms with Crippen molar-refractivity contribution in [3.63, 3.8) is 0 Å². The monoisotopic (exact) mass is 443 g/mol. The zero-order chi connectivity index (χ0) is 17.9. The molecule has 0 bridgehead atoms. The molecule has 130 valence electrons. The van der Waals surface area contributed by atoms with Crippen LogP contribution < -0.4 is 10.6 Å². The summed E-state index contributed by atoms with van der Waals surface area (Å²) < 4.78 is 1.05. The molecule has 4 rings (SSSR count). The van der Waals surface area contributed by atoms with Gasteiger partial charge in [0.25, 0.3) is 0 Å². The average Bonchev–Trinajstić information content (AvgIpc) is 3.28.